The second kappa shape index (κ2) is 12.9. The van der Waals surface area contributed by atoms with Gasteiger partial charge >= 0.3 is 0 Å². The van der Waals surface area contributed by atoms with Crippen molar-refractivity contribution in [3.05, 3.63) is 191 Å². The molecule has 0 saturated carbocycles. The molecule has 0 aliphatic heterocycles. The molecule has 4 nitrogen and oxygen atoms in total. The van der Waals surface area contributed by atoms with Gasteiger partial charge in [-0.05, 0) is 112 Å². The van der Waals surface area contributed by atoms with Gasteiger partial charge in [0.1, 0.15) is 5.84 Å². The predicted molar refractivity (Wildman–Crippen MR) is 205 cm³/mol. The molecule has 8 rings (SSSR count). The van der Waals surface area contributed by atoms with Gasteiger partial charge in [-0.3, -0.25) is 9.98 Å². The van der Waals surface area contributed by atoms with Crippen molar-refractivity contribution in [3.8, 4) is 11.1 Å². The maximum atomic E-state index is 4.84. The SMILES string of the molecule is C=NC(=NC(C)=NCc1cccc(-c2ccc3c(c2)C2=C(CCC=C2)C3(c2ccccc2)c2ccncc2)c1)c1cccc2ccccc12. The van der Waals surface area contributed by atoms with Gasteiger partial charge < -0.3 is 0 Å². The normalized spacial score (nSPS) is 17.2. The van der Waals surface area contributed by atoms with Crippen LogP contribution in [0.2, 0.25) is 0 Å². The third-order valence-electron chi connectivity index (χ3n) is 9.86. The summed E-state index contributed by atoms with van der Waals surface area (Å²) in [5.41, 5.74) is 12.1. The number of pyridine rings is 1. The number of allylic oxidation sites excluding steroid dienone is 4. The first-order valence-corrected chi connectivity index (χ1v) is 16.8. The Morgan fingerprint density at radius 1 is 0.776 bits per heavy atom. The Hall–Kier alpha value is -6.00. The van der Waals surface area contributed by atoms with Crippen molar-refractivity contribution in [3.63, 3.8) is 0 Å². The van der Waals surface area contributed by atoms with Crippen molar-refractivity contribution in [2.45, 2.75) is 31.7 Å². The number of hydrogen-bond acceptors (Lipinski definition) is 2. The number of amidine groups is 2. The summed E-state index contributed by atoms with van der Waals surface area (Å²) in [6, 6.07) is 45.4. The minimum atomic E-state index is -0.349. The Bertz CT molecular complexity index is 2280. The number of fused-ring (bicyclic) bond motifs is 3. The highest BCUT2D eigenvalue weighted by molar-refractivity contribution is 6.14. The molecule has 1 atom stereocenters. The first-order valence-electron chi connectivity index (χ1n) is 16.8. The van der Waals surface area contributed by atoms with E-state index in [9.17, 15) is 0 Å². The van der Waals surface area contributed by atoms with E-state index in [1.165, 1.54) is 44.5 Å². The van der Waals surface area contributed by atoms with E-state index in [1.54, 1.807) is 0 Å². The van der Waals surface area contributed by atoms with Gasteiger partial charge in [0.2, 0.25) is 0 Å². The standard InChI is InChI=1S/C45H36N4/c1-31(49-44(46-2)40-20-11-14-33-13-6-7-18-38(33)40)48-30-32-12-10-15-34(28-32)35-22-23-43-41(29-35)39-19-8-9-21-42(39)45(43,36-16-4-3-5-17-36)37-24-26-47-27-25-37/h3-8,10-20,22-29H,2,9,21,30H2,1H3. The molecule has 0 spiro atoms. The molecule has 0 N–H and O–H groups in total. The first-order chi connectivity index (χ1) is 24.2. The second-order valence-electron chi connectivity index (χ2n) is 12.6. The van der Waals surface area contributed by atoms with E-state index in [0.717, 1.165) is 34.7 Å². The Kier molecular flexibility index (Phi) is 7.98. The molecule has 0 bridgehead atoms. The zero-order valence-electron chi connectivity index (χ0n) is 27.6. The Morgan fingerprint density at radius 3 is 2.39 bits per heavy atom. The minimum Gasteiger partial charge on any atom is -0.266 e. The monoisotopic (exact) mass is 632 g/mol. The molecule has 1 heterocycles. The third kappa shape index (κ3) is 5.36. The average molecular weight is 633 g/mol. The highest BCUT2D eigenvalue weighted by Crippen LogP contribution is 2.57. The fraction of sp³-hybridized carbons (Fsp3) is 0.111. The minimum absolute atomic E-state index is 0.349. The van der Waals surface area contributed by atoms with Gasteiger partial charge in [0.15, 0.2) is 5.84 Å². The molecular formula is C45H36N4. The lowest BCUT2D eigenvalue weighted by Gasteiger charge is -2.36. The lowest BCUT2D eigenvalue weighted by atomic mass is 9.65. The molecule has 49 heavy (non-hydrogen) atoms. The summed E-state index contributed by atoms with van der Waals surface area (Å²) in [7, 11) is 0. The van der Waals surface area contributed by atoms with Gasteiger partial charge in [0, 0.05) is 18.0 Å². The zero-order valence-corrected chi connectivity index (χ0v) is 27.6. The van der Waals surface area contributed by atoms with Crippen molar-refractivity contribution in [1.82, 2.24) is 4.98 Å². The summed E-state index contributed by atoms with van der Waals surface area (Å²) < 4.78 is 0. The number of aliphatic imine (C=N–C) groups is 3. The third-order valence-corrected chi connectivity index (χ3v) is 9.86. The van der Waals surface area contributed by atoms with Crippen LogP contribution in [-0.2, 0) is 12.0 Å². The zero-order chi connectivity index (χ0) is 33.2. The van der Waals surface area contributed by atoms with Gasteiger partial charge in [-0.2, -0.15) is 0 Å². The van der Waals surface area contributed by atoms with E-state index in [2.05, 4.69) is 132 Å². The molecule has 1 unspecified atom stereocenters. The van der Waals surface area contributed by atoms with Gasteiger partial charge in [-0.25, -0.2) is 9.98 Å². The molecule has 4 heteroatoms. The molecule has 2 aliphatic rings. The van der Waals surface area contributed by atoms with Crippen LogP contribution in [0.4, 0.5) is 0 Å². The van der Waals surface area contributed by atoms with Crippen LogP contribution in [0.25, 0.3) is 27.5 Å². The molecule has 6 aromatic rings. The van der Waals surface area contributed by atoms with Crippen LogP contribution in [0.1, 0.15) is 53.1 Å². The topological polar surface area (TPSA) is 50.0 Å². The van der Waals surface area contributed by atoms with E-state index in [-0.39, 0.29) is 5.41 Å². The van der Waals surface area contributed by atoms with E-state index >= 15 is 0 Å². The molecule has 236 valence electrons. The summed E-state index contributed by atoms with van der Waals surface area (Å²) in [5, 5.41) is 2.24. The maximum absolute atomic E-state index is 4.84. The Morgan fingerprint density at radius 2 is 1.53 bits per heavy atom. The Balaban J connectivity index is 1.14. The van der Waals surface area contributed by atoms with Crippen LogP contribution in [0.5, 0.6) is 0 Å². The molecule has 2 aliphatic carbocycles. The first kappa shape index (κ1) is 30.3. The van der Waals surface area contributed by atoms with Crippen LogP contribution in [-0.4, -0.2) is 23.4 Å². The molecule has 0 amide bonds. The highest BCUT2D eigenvalue weighted by Gasteiger charge is 2.47. The number of aromatic nitrogens is 1. The van der Waals surface area contributed by atoms with Crippen molar-refractivity contribution < 1.29 is 0 Å². The van der Waals surface area contributed by atoms with Crippen LogP contribution >= 0.6 is 0 Å². The summed E-state index contributed by atoms with van der Waals surface area (Å²) in [6.07, 6.45) is 10.6. The number of nitrogens with zero attached hydrogens (tertiary/aromatic N) is 4. The van der Waals surface area contributed by atoms with E-state index in [4.69, 9.17) is 9.98 Å². The lowest BCUT2D eigenvalue weighted by Crippen LogP contribution is -2.30. The lowest BCUT2D eigenvalue weighted by molar-refractivity contribution is 0.695. The van der Waals surface area contributed by atoms with Gasteiger partial charge in [0.05, 0.1) is 12.0 Å². The smallest absolute Gasteiger partial charge is 0.161 e. The van der Waals surface area contributed by atoms with Crippen LogP contribution in [0.15, 0.2) is 172 Å². The van der Waals surface area contributed by atoms with Crippen LogP contribution < -0.4 is 0 Å². The van der Waals surface area contributed by atoms with Crippen LogP contribution in [0.3, 0.4) is 0 Å². The summed E-state index contributed by atoms with van der Waals surface area (Å²) in [5.74, 6) is 1.24. The molecule has 0 fully saturated rings. The number of hydrogen-bond donors (Lipinski definition) is 0. The van der Waals surface area contributed by atoms with E-state index in [1.807, 2.05) is 43.6 Å². The number of benzene rings is 5. The molecule has 0 radical (unpaired) electrons. The fourth-order valence-corrected chi connectivity index (χ4v) is 7.70. The highest BCUT2D eigenvalue weighted by atomic mass is 15.0. The van der Waals surface area contributed by atoms with Crippen molar-refractivity contribution in [2.75, 3.05) is 0 Å². The molecule has 0 saturated heterocycles. The quantitative estimate of drug-likeness (QED) is 0.133. The van der Waals surface area contributed by atoms with Crippen molar-refractivity contribution in [1.29, 1.82) is 0 Å². The fourth-order valence-electron chi connectivity index (χ4n) is 7.70. The average Bonchev–Trinajstić information content (AvgIpc) is 3.47. The largest absolute Gasteiger partial charge is 0.266 e. The molecule has 1 aromatic heterocycles. The van der Waals surface area contributed by atoms with E-state index < -0.39 is 0 Å². The maximum Gasteiger partial charge on any atom is 0.161 e. The Labute approximate surface area is 287 Å². The molecule has 5 aromatic carbocycles. The van der Waals surface area contributed by atoms with Crippen molar-refractivity contribution >= 4 is 34.7 Å². The summed E-state index contributed by atoms with van der Waals surface area (Å²) in [6.45, 7) is 6.25. The summed E-state index contributed by atoms with van der Waals surface area (Å²) >= 11 is 0. The van der Waals surface area contributed by atoms with E-state index in [0.29, 0.717) is 18.2 Å². The number of rotatable bonds is 6. The van der Waals surface area contributed by atoms with Gasteiger partial charge in [-0.1, -0.05) is 115 Å². The summed E-state index contributed by atoms with van der Waals surface area (Å²) in [4.78, 5) is 18.3. The predicted octanol–water partition coefficient (Wildman–Crippen LogP) is 10.4. The van der Waals surface area contributed by atoms with Gasteiger partial charge in [0.25, 0.3) is 0 Å². The van der Waals surface area contributed by atoms with Gasteiger partial charge in [-0.15, -0.1) is 0 Å². The van der Waals surface area contributed by atoms with Crippen LogP contribution in [0, 0.1) is 0 Å². The second-order valence-corrected chi connectivity index (χ2v) is 12.6. The molecular weight excluding hydrogens is 597 g/mol. The van der Waals surface area contributed by atoms with Crippen molar-refractivity contribution in [2.24, 2.45) is 15.0 Å².